The van der Waals surface area contributed by atoms with Crippen molar-refractivity contribution in [1.82, 2.24) is 9.97 Å². The number of rotatable bonds is 5. The zero-order chi connectivity index (χ0) is 39.7. The van der Waals surface area contributed by atoms with E-state index in [-0.39, 0.29) is 0 Å². The van der Waals surface area contributed by atoms with E-state index in [9.17, 15) is 5.26 Å². The highest BCUT2D eigenvalue weighted by molar-refractivity contribution is 6.37. The quantitative estimate of drug-likeness (QED) is 0.164. The third-order valence-corrected chi connectivity index (χ3v) is 12.2. The molecule has 276 valence electrons. The fraction of sp³-hybridized carbons (Fsp3) is 0. The molecule has 0 atom stereocenters. The first-order valence-electron chi connectivity index (χ1n) is 20.3. The zero-order valence-corrected chi connectivity index (χ0v) is 32.4. The molecule has 3 heteroatoms. The normalized spacial score (nSPS) is 11.7. The fourth-order valence-electron chi connectivity index (χ4n) is 9.44. The summed E-state index contributed by atoms with van der Waals surface area (Å²) in [7, 11) is 0. The van der Waals surface area contributed by atoms with Crippen molar-refractivity contribution in [3.63, 3.8) is 0 Å². The van der Waals surface area contributed by atoms with Gasteiger partial charge in [-0.15, -0.1) is 0 Å². The number of fused-ring (bicyclic) bond motifs is 2. The Balaban J connectivity index is 1.12. The van der Waals surface area contributed by atoms with Crippen LogP contribution in [0.3, 0.4) is 0 Å². The molecule has 0 unspecified atom stereocenters. The molecule has 0 aliphatic rings. The molecule has 0 aliphatic carbocycles. The van der Waals surface area contributed by atoms with Crippen molar-refractivity contribution >= 4 is 64.6 Å². The van der Waals surface area contributed by atoms with E-state index in [0.717, 1.165) is 50.3 Å². The first kappa shape index (κ1) is 33.9. The zero-order valence-electron chi connectivity index (χ0n) is 32.4. The van der Waals surface area contributed by atoms with Crippen molar-refractivity contribution in [3.8, 4) is 62.2 Å². The second kappa shape index (κ2) is 13.5. The minimum absolute atomic E-state index is 0.640. The highest BCUT2D eigenvalue weighted by atomic mass is 14.9. The summed E-state index contributed by atoms with van der Waals surface area (Å²) >= 11 is 0. The summed E-state index contributed by atoms with van der Waals surface area (Å²) in [6.07, 6.45) is 0. The number of benzene rings is 10. The van der Waals surface area contributed by atoms with E-state index in [0.29, 0.717) is 11.4 Å². The molecular formula is C57H33N3. The summed E-state index contributed by atoms with van der Waals surface area (Å²) in [5.74, 6) is 0.667. The highest BCUT2D eigenvalue weighted by Crippen LogP contribution is 2.45. The molecule has 0 radical (unpaired) electrons. The van der Waals surface area contributed by atoms with E-state index in [2.05, 4.69) is 164 Å². The van der Waals surface area contributed by atoms with Gasteiger partial charge in [0, 0.05) is 16.7 Å². The van der Waals surface area contributed by atoms with Crippen LogP contribution >= 0.6 is 0 Å². The molecule has 0 aliphatic heterocycles. The Labute approximate surface area is 346 Å². The smallest absolute Gasteiger partial charge is 0.160 e. The molecule has 0 amide bonds. The summed E-state index contributed by atoms with van der Waals surface area (Å²) in [5.41, 5.74) is 9.63. The van der Waals surface area contributed by atoms with Crippen LogP contribution in [0, 0.1) is 11.3 Å². The number of nitriles is 1. The van der Waals surface area contributed by atoms with Crippen LogP contribution in [0.25, 0.3) is 121 Å². The number of hydrogen-bond donors (Lipinski definition) is 0. The molecule has 12 aromatic rings. The van der Waals surface area contributed by atoms with Gasteiger partial charge in [-0.25, -0.2) is 9.97 Å². The lowest BCUT2D eigenvalue weighted by Crippen LogP contribution is -1.97. The highest BCUT2D eigenvalue weighted by Gasteiger charge is 2.19. The van der Waals surface area contributed by atoms with Gasteiger partial charge in [0.25, 0.3) is 0 Å². The topological polar surface area (TPSA) is 49.6 Å². The molecule has 60 heavy (non-hydrogen) atoms. The van der Waals surface area contributed by atoms with Gasteiger partial charge in [-0.1, -0.05) is 164 Å². The summed E-state index contributed by atoms with van der Waals surface area (Å²) in [6, 6.07) is 73.5. The standard InChI is InChI=1S/C57H33N3/c58-34-35-22-24-36(25-23-35)41-15-6-16-42(30-41)51-33-52(60-57(59-51)40-10-2-1-3-11-40)46-18-5-4-17-45(46)44-31-43-29-28-39-13-8-20-48-47-19-7-12-37-26-27-38-14-9-21-49(55(38)53(37)47)50(32-44)56(43)54(39)48/h1-33H. The maximum atomic E-state index is 9.38. The van der Waals surface area contributed by atoms with Gasteiger partial charge in [-0.3, -0.25) is 0 Å². The molecule has 1 heterocycles. The lowest BCUT2D eigenvalue weighted by atomic mass is 9.86. The fourth-order valence-corrected chi connectivity index (χ4v) is 9.44. The van der Waals surface area contributed by atoms with Crippen molar-refractivity contribution in [1.29, 1.82) is 5.26 Å². The van der Waals surface area contributed by atoms with Crippen LogP contribution in [0.5, 0.6) is 0 Å². The predicted octanol–water partition coefficient (Wildman–Crippen LogP) is 15.0. The van der Waals surface area contributed by atoms with E-state index in [4.69, 9.17) is 9.97 Å². The molecule has 0 saturated heterocycles. The van der Waals surface area contributed by atoms with Crippen LogP contribution < -0.4 is 0 Å². The minimum atomic E-state index is 0.640. The Bertz CT molecular complexity index is 3700. The van der Waals surface area contributed by atoms with Gasteiger partial charge in [-0.05, 0) is 123 Å². The monoisotopic (exact) mass is 759 g/mol. The van der Waals surface area contributed by atoms with E-state index in [1.54, 1.807) is 0 Å². The Kier molecular flexibility index (Phi) is 7.60. The van der Waals surface area contributed by atoms with Crippen LogP contribution in [-0.4, -0.2) is 9.97 Å². The number of hydrogen-bond acceptors (Lipinski definition) is 3. The van der Waals surface area contributed by atoms with Crippen LogP contribution in [0.4, 0.5) is 0 Å². The summed E-state index contributed by atoms with van der Waals surface area (Å²) in [5, 5.41) is 24.5. The molecule has 1 aromatic heterocycles. The van der Waals surface area contributed by atoms with Crippen molar-refractivity contribution in [2.75, 3.05) is 0 Å². The Morgan fingerprint density at radius 1 is 0.317 bits per heavy atom. The van der Waals surface area contributed by atoms with E-state index >= 15 is 0 Å². The number of aromatic nitrogens is 2. The minimum Gasteiger partial charge on any atom is -0.228 e. The lowest BCUT2D eigenvalue weighted by molar-refractivity contribution is 1.18. The number of nitrogens with zero attached hydrogens (tertiary/aromatic N) is 3. The Morgan fingerprint density at radius 2 is 0.850 bits per heavy atom. The molecule has 3 nitrogen and oxygen atoms in total. The van der Waals surface area contributed by atoms with Gasteiger partial charge in [0.2, 0.25) is 0 Å². The maximum absolute atomic E-state index is 9.38. The molecular weight excluding hydrogens is 727 g/mol. The lowest BCUT2D eigenvalue weighted by Gasteiger charge is -2.18. The molecule has 0 saturated carbocycles. The van der Waals surface area contributed by atoms with Crippen LogP contribution in [0.1, 0.15) is 5.56 Å². The molecule has 12 rings (SSSR count). The molecule has 0 N–H and O–H groups in total. The van der Waals surface area contributed by atoms with Crippen LogP contribution in [-0.2, 0) is 0 Å². The largest absolute Gasteiger partial charge is 0.228 e. The van der Waals surface area contributed by atoms with Crippen molar-refractivity contribution in [3.05, 3.63) is 206 Å². The van der Waals surface area contributed by atoms with E-state index < -0.39 is 0 Å². The molecule has 0 fully saturated rings. The van der Waals surface area contributed by atoms with Gasteiger partial charge in [-0.2, -0.15) is 5.26 Å². The predicted molar refractivity (Wildman–Crippen MR) is 250 cm³/mol. The molecule has 0 spiro atoms. The van der Waals surface area contributed by atoms with Crippen LogP contribution in [0.15, 0.2) is 200 Å². The van der Waals surface area contributed by atoms with E-state index in [1.807, 2.05) is 42.5 Å². The van der Waals surface area contributed by atoms with Gasteiger partial charge in [0.05, 0.1) is 23.0 Å². The average molecular weight is 760 g/mol. The van der Waals surface area contributed by atoms with Crippen LogP contribution in [0.2, 0.25) is 0 Å². The molecule has 11 aromatic carbocycles. The third-order valence-electron chi connectivity index (χ3n) is 12.2. The maximum Gasteiger partial charge on any atom is 0.160 e. The van der Waals surface area contributed by atoms with Crippen molar-refractivity contribution in [2.45, 2.75) is 0 Å². The Hall–Kier alpha value is -8.19. The summed E-state index contributed by atoms with van der Waals surface area (Å²) in [4.78, 5) is 10.5. The summed E-state index contributed by atoms with van der Waals surface area (Å²) in [6.45, 7) is 0. The van der Waals surface area contributed by atoms with Gasteiger partial charge < -0.3 is 0 Å². The SMILES string of the molecule is N#Cc1ccc(-c2cccc(-c3cc(-c4ccccc4-c4cc5ccc6cccc7c8cccc9ccc%10cccc(c(c4)c5c67)c%10c98)nc(-c4ccccc4)n3)c2)cc1. The van der Waals surface area contributed by atoms with Gasteiger partial charge in [0.1, 0.15) is 0 Å². The summed E-state index contributed by atoms with van der Waals surface area (Å²) < 4.78 is 0. The van der Waals surface area contributed by atoms with Gasteiger partial charge in [0.15, 0.2) is 5.82 Å². The van der Waals surface area contributed by atoms with E-state index in [1.165, 1.54) is 64.6 Å². The van der Waals surface area contributed by atoms with Crippen molar-refractivity contribution < 1.29 is 0 Å². The Morgan fingerprint density at radius 3 is 1.52 bits per heavy atom. The first-order chi connectivity index (χ1) is 29.7. The first-order valence-corrected chi connectivity index (χ1v) is 20.3. The second-order valence-corrected chi connectivity index (χ2v) is 15.6. The van der Waals surface area contributed by atoms with Crippen molar-refractivity contribution in [2.24, 2.45) is 0 Å². The van der Waals surface area contributed by atoms with Gasteiger partial charge >= 0.3 is 0 Å². The second-order valence-electron chi connectivity index (χ2n) is 15.6. The third kappa shape index (κ3) is 5.36. The average Bonchev–Trinajstić information content (AvgIpc) is 3.32. The molecule has 0 bridgehead atoms.